The van der Waals surface area contributed by atoms with Crippen molar-refractivity contribution in [1.29, 1.82) is 0 Å². The Morgan fingerprint density at radius 2 is 1.95 bits per heavy atom. The lowest BCUT2D eigenvalue weighted by atomic mass is 10.2. The molecule has 2 aromatic rings. The molecule has 0 saturated carbocycles. The zero-order valence-electron chi connectivity index (χ0n) is 11.7. The van der Waals surface area contributed by atoms with Crippen LogP contribution in [0.1, 0.15) is 11.4 Å². The van der Waals surface area contributed by atoms with Crippen LogP contribution < -0.4 is 11.1 Å². The van der Waals surface area contributed by atoms with Gasteiger partial charge in [-0.3, -0.25) is 4.79 Å². The summed E-state index contributed by atoms with van der Waals surface area (Å²) in [5.41, 5.74) is 8.52. The van der Waals surface area contributed by atoms with E-state index in [9.17, 15) is 4.79 Å². The minimum Gasteiger partial charge on any atom is -0.397 e. The summed E-state index contributed by atoms with van der Waals surface area (Å²) in [5.74, 6) is 0.0196. The van der Waals surface area contributed by atoms with Crippen LogP contribution in [0.2, 0.25) is 5.02 Å². The number of anilines is 2. The summed E-state index contributed by atoms with van der Waals surface area (Å²) in [6.45, 7) is 3.79. The smallest absolute Gasteiger partial charge is 0.234 e. The number of halogens is 1. The Labute approximate surface area is 132 Å². The van der Waals surface area contributed by atoms with Crippen LogP contribution in [0.25, 0.3) is 0 Å². The van der Waals surface area contributed by atoms with Crippen LogP contribution in [0.5, 0.6) is 0 Å². The molecule has 7 heteroatoms. The molecular weight excluding hydrogens is 308 g/mol. The molecule has 1 amide bonds. The molecule has 21 heavy (non-hydrogen) atoms. The van der Waals surface area contributed by atoms with Crippen molar-refractivity contribution in [3.63, 3.8) is 0 Å². The Bertz CT molecular complexity index is 658. The Kier molecular flexibility index (Phi) is 5.03. The number of hydrogen-bond acceptors (Lipinski definition) is 5. The highest BCUT2D eigenvalue weighted by atomic mass is 35.5. The van der Waals surface area contributed by atoms with Crippen molar-refractivity contribution in [1.82, 2.24) is 9.97 Å². The quantitative estimate of drug-likeness (QED) is 0.513. The van der Waals surface area contributed by atoms with Crippen molar-refractivity contribution in [2.75, 3.05) is 16.8 Å². The molecule has 2 rings (SSSR count). The molecule has 1 aromatic heterocycles. The third-order valence-corrected chi connectivity index (χ3v) is 3.67. The summed E-state index contributed by atoms with van der Waals surface area (Å²) in [4.78, 5) is 20.5. The van der Waals surface area contributed by atoms with E-state index in [0.717, 1.165) is 11.4 Å². The molecule has 0 aliphatic heterocycles. The number of hydrogen-bond donors (Lipinski definition) is 2. The SMILES string of the molecule is Cc1cc(C)nc(SCC(=O)Nc2cc(Cl)ccc2N)n1. The van der Waals surface area contributed by atoms with E-state index in [-0.39, 0.29) is 11.7 Å². The fourth-order valence-electron chi connectivity index (χ4n) is 1.71. The maximum Gasteiger partial charge on any atom is 0.234 e. The second-order valence-corrected chi connectivity index (χ2v) is 5.88. The minimum absolute atomic E-state index is 0.184. The fraction of sp³-hybridized carbons (Fsp3) is 0.214. The van der Waals surface area contributed by atoms with E-state index in [1.807, 2.05) is 19.9 Å². The normalized spacial score (nSPS) is 10.4. The average Bonchev–Trinajstić information content (AvgIpc) is 2.40. The van der Waals surface area contributed by atoms with Crippen LogP contribution in [-0.4, -0.2) is 21.6 Å². The van der Waals surface area contributed by atoms with Gasteiger partial charge in [-0.25, -0.2) is 9.97 Å². The van der Waals surface area contributed by atoms with Crippen LogP contribution in [0.3, 0.4) is 0 Å². The van der Waals surface area contributed by atoms with Gasteiger partial charge in [0.25, 0.3) is 0 Å². The molecule has 110 valence electrons. The number of amides is 1. The highest BCUT2D eigenvalue weighted by Gasteiger charge is 2.08. The monoisotopic (exact) mass is 322 g/mol. The number of benzene rings is 1. The summed E-state index contributed by atoms with van der Waals surface area (Å²) in [6, 6.07) is 6.83. The van der Waals surface area contributed by atoms with Crippen molar-refractivity contribution < 1.29 is 4.79 Å². The number of aromatic nitrogens is 2. The lowest BCUT2D eigenvalue weighted by Gasteiger charge is -2.08. The molecule has 1 heterocycles. The van der Waals surface area contributed by atoms with E-state index in [0.29, 0.717) is 21.6 Å². The molecule has 0 aliphatic rings. The Balaban J connectivity index is 1.97. The number of nitrogens with two attached hydrogens (primary N) is 1. The van der Waals surface area contributed by atoms with Crippen molar-refractivity contribution in [3.05, 3.63) is 40.7 Å². The first kappa shape index (κ1) is 15.6. The molecule has 0 saturated heterocycles. The number of nitrogen functional groups attached to an aromatic ring is 1. The second-order valence-electron chi connectivity index (χ2n) is 4.50. The van der Waals surface area contributed by atoms with Crippen LogP contribution in [0.4, 0.5) is 11.4 Å². The summed E-state index contributed by atoms with van der Waals surface area (Å²) >= 11 is 7.15. The summed E-state index contributed by atoms with van der Waals surface area (Å²) < 4.78 is 0. The third kappa shape index (κ3) is 4.61. The van der Waals surface area contributed by atoms with Gasteiger partial charge in [0.15, 0.2) is 5.16 Å². The van der Waals surface area contributed by atoms with Crippen molar-refractivity contribution >= 4 is 40.6 Å². The van der Waals surface area contributed by atoms with E-state index in [4.69, 9.17) is 17.3 Å². The number of aryl methyl sites for hydroxylation is 2. The molecule has 0 unspecified atom stereocenters. The molecule has 0 aliphatic carbocycles. The maximum absolute atomic E-state index is 11.9. The van der Waals surface area contributed by atoms with Gasteiger partial charge in [0.2, 0.25) is 5.91 Å². The zero-order valence-corrected chi connectivity index (χ0v) is 13.3. The summed E-state index contributed by atoms with van der Waals surface area (Å²) in [5, 5.41) is 3.83. The number of carbonyl (C=O) groups excluding carboxylic acids is 1. The molecular formula is C14H15ClN4OS. The van der Waals surface area contributed by atoms with Gasteiger partial charge in [0.05, 0.1) is 17.1 Å². The van der Waals surface area contributed by atoms with Gasteiger partial charge in [-0.05, 0) is 38.1 Å². The Morgan fingerprint density at radius 1 is 1.29 bits per heavy atom. The van der Waals surface area contributed by atoms with Crippen LogP contribution in [-0.2, 0) is 4.79 Å². The molecule has 0 fully saturated rings. The van der Waals surface area contributed by atoms with Gasteiger partial charge in [-0.2, -0.15) is 0 Å². The third-order valence-electron chi connectivity index (χ3n) is 2.58. The van der Waals surface area contributed by atoms with Crippen LogP contribution in [0.15, 0.2) is 29.4 Å². The number of thioether (sulfide) groups is 1. The average molecular weight is 323 g/mol. The van der Waals surface area contributed by atoms with E-state index >= 15 is 0 Å². The molecule has 0 atom stereocenters. The molecule has 1 aromatic carbocycles. The van der Waals surface area contributed by atoms with Crippen molar-refractivity contribution in [2.45, 2.75) is 19.0 Å². The molecule has 3 N–H and O–H groups in total. The van der Waals surface area contributed by atoms with Gasteiger partial charge in [0.1, 0.15) is 0 Å². The van der Waals surface area contributed by atoms with E-state index in [1.54, 1.807) is 18.2 Å². The molecule has 5 nitrogen and oxygen atoms in total. The first-order valence-electron chi connectivity index (χ1n) is 6.24. The summed E-state index contributed by atoms with van der Waals surface area (Å²) in [7, 11) is 0. The van der Waals surface area contributed by atoms with Crippen LogP contribution >= 0.6 is 23.4 Å². The second kappa shape index (κ2) is 6.78. The minimum atomic E-state index is -0.184. The van der Waals surface area contributed by atoms with E-state index in [2.05, 4.69) is 15.3 Å². The Morgan fingerprint density at radius 3 is 2.62 bits per heavy atom. The van der Waals surface area contributed by atoms with Gasteiger partial charge >= 0.3 is 0 Å². The lowest BCUT2D eigenvalue weighted by Crippen LogP contribution is -2.15. The number of nitrogens with one attached hydrogen (secondary N) is 1. The Hall–Kier alpha value is -1.79. The van der Waals surface area contributed by atoms with E-state index in [1.165, 1.54) is 11.8 Å². The number of rotatable bonds is 4. The van der Waals surface area contributed by atoms with E-state index < -0.39 is 0 Å². The first-order valence-corrected chi connectivity index (χ1v) is 7.60. The molecule has 0 radical (unpaired) electrons. The largest absolute Gasteiger partial charge is 0.397 e. The predicted octanol–water partition coefficient (Wildman–Crippen LogP) is 3.06. The van der Waals surface area contributed by atoms with Crippen molar-refractivity contribution in [3.8, 4) is 0 Å². The standard InChI is InChI=1S/C14H15ClN4OS/c1-8-5-9(2)18-14(17-8)21-7-13(20)19-12-6-10(15)3-4-11(12)16/h3-6H,7,16H2,1-2H3,(H,19,20). The highest BCUT2D eigenvalue weighted by molar-refractivity contribution is 7.99. The number of nitrogens with zero attached hydrogens (tertiary/aromatic N) is 2. The van der Waals surface area contributed by atoms with Crippen molar-refractivity contribution in [2.24, 2.45) is 0 Å². The fourth-order valence-corrected chi connectivity index (χ4v) is 2.63. The topological polar surface area (TPSA) is 80.9 Å². The van der Waals surface area contributed by atoms with Gasteiger partial charge in [-0.1, -0.05) is 23.4 Å². The predicted molar refractivity (Wildman–Crippen MR) is 86.7 cm³/mol. The van der Waals surface area contributed by atoms with Gasteiger partial charge in [-0.15, -0.1) is 0 Å². The lowest BCUT2D eigenvalue weighted by molar-refractivity contribution is -0.113. The zero-order chi connectivity index (χ0) is 15.4. The maximum atomic E-state index is 11.9. The van der Waals surface area contributed by atoms with Gasteiger partial charge < -0.3 is 11.1 Å². The van der Waals surface area contributed by atoms with Crippen LogP contribution in [0, 0.1) is 13.8 Å². The first-order chi connectivity index (χ1) is 9.94. The summed E-state index contributed by atoms with van der Waals surface area (Å²) in [6.07, 6.45) is 0. The molecule has 0 bridgehead atoms. The highest BCUT2D eigenvalue weighted by Crippen LogP contribution is 2.23. The molecule has 0 spiro atoms. The number of carbonyl (C=O) groups is 1. The van der Waals surface area contributed by atoms with Gasteiger partial charge in [0, 0.05) is 16.4 Å².